The van der Waals surface area contributed by atoms with E-state index in [4.69, 9.17) is 0 Å². The Hall–Kier alpha value is -3.32. The Labute approximate surface area is 217 Å². The first-order valence-electron chi connectivity index (χ1n) is 13.1. The van der Waals surface area contributed by atoms with Crippen LogP contribution in [0.25, 0.3) is 11.1 Å². The van der Waals surface area contributed by atoms with E-state index in [9.17, 15) is 0 Å². The van der Waals surface area contributed by atoms with Gasteiger partial charge in [-0.15, -0.1) is 0 Å². The van der Waals surface area contributed by atoms with Gasteiger partial charge in [0.25, 0.3) is 0 Å². The molecule has 0 unspecified atom stereocenters. The van der Waals surface area contributed by atoms with E-state index in [0.29, 0.717) is 0 Å². The largest absolute Gasteiger partial charge is 0.310 e. The molecular formula is C35H39N. The molecule has 1 nitrogen and oxygen atoms in total. The first-order chi connectivity index (χ1) is 16.9. The van der Waals surface area contributed by atoms with Crippen molar-refractivity contribution in [2.45, 2.75) is 71.6 Å². The van der Waals surface area contributed by atoms with Gasteiger partial charge in [0.1, 0.15) is 0 Å². The molecule has 0 radical (unpaired) electrons. The molecule has 0 fully saturated rings. The Bertz CT molecular complexity index is 1360. The smallest absolute Gasteiger partial charge is 0.0546 e. The van der Waals surface area contributed by atoms with Crippen molar-refractivity contribution in [3.05, 3.63) is 113 Å². The second-order valence-electron chi connectivity index (χ2n) is 12.8. The van der Waals surface area contributed by atoms with Crippen molar-refractivity contribution in [1.82, 2.24) is 0 Å². The summed E-state index contributed by atoms with van der Waals surface area (Å²) in [7, 11) is 0. The first-order valence-corrected chi connectivity index (χ1v) is 13.1. The summed E-state index contributed by atoms with van der Waals surface area (Å²) in [4.78, 5) is 2.44. The summed E-state index contributed by atoms with van der Waals surface area (Å²) in [5.74, 6) is 0. The zero-order chi connectivity index (χ0) is 25.9. The molecule has 1 heteroatoms. The quantitative estimate of drug-likeness (QED) is 0.286. The van der Waals surface area contributed by atoms with Gasteiger partial charge in [0.15, 0.2) is 0 Å². The number of anilines is 3. The van der Waals surface area contributed by atoms with Crippen LogP contribution in [0.4, 0.5) is 17.1 Å². The van der Waals surface area contributed by atoms with Crippen LogP contribution in [-0.4, -0.2) is 0 Å². The lowest BCUT2D eigenvalue weighted by Crippen LogP contribution is -2.20. The van der Waals surface area contributed by atoms with Crippen molar-refractivity contribution < 1.29 is 0 Å². The summed E-state index contributed by atoms with van der Waals surface area (Å²) in [6.07, 6.45) is 0. The minimum absolute atomic E-state index is 0.0320. The Morgan fingerprint density at radius 1 is 0.556 bits per heavy atom. The standard InChI is InChI=1S/C35H39N/c1-33(2,3)24-19-20-28-29(21-24)35(7,8)30-22-25(34(4,5)6)23-31(32(28)30)36(26-15-11-9-12-16-26)27-17-13-10-14-18-27/h9-23H,1-8H3. The molecule has 0 saturated heterocycles. The van der Waals surface area contributed by atoms with Crippen LogP contribution in [0.1, 0.15) is 77.6 Å². The minimum atomic E-state index is -0.0824. The van der Waals surface area contributed by atoms with Crippen LogP contribution >= 0.6 is 0 Å². The average molecular weight is 474 g/mol. The molecule has 0 bridgehead atoms. The van der Waals surface area contributed by atoms with E-state index in [0.717, 1.165) is 0 Å². The van der Waals surface area contributed by atoms with Crippen molar-refractivity contribution in [2.75, 3.05) is 4.90 Å². The van der Waals surface area contributed by atoms with Crippen molar-refractivity contribution in [3.8, 4) is 11.1 Å². The normalized spacial score (nSPS) is 14.3. The molecule has 4 aromatic rings. The third-order valence-electron chi connectivity index (χ3n) is 7.75. The van der Waals surface area contributed by atoms with Gasteiger partial charge in [-0.3, -0.25) is 0 Å². The number of fused-ring (bicyclic) bond motifs is 3. The summed E-state index contributed by atoms with van der Waals surface area (Å²) < 4.78 is 0. The van der Waals surface area contributed by atoms with Crippen LogP contribution in [0.3, 0.4) is 0 Å². The van der Waals surface area contributed by atoms with Gasteiger partial charge in [-0.25, -0.2) is 0 Å². The SMILES string of the molecule is CC(C)(C)c1ccc2c(c1)C(C)(C)c1cc(C(C)(C)C)cc(N(c3ccccc3)c3ccccc3)c1-2. The van der Waals surface area contributed by atoms with Gasteiger partial charge >= 0.3 is 0 Å². The molecule has 1 aliphatic rings. The second kappa shape index (κ2) is 8.37. The van der Waals surface area contributed by atoms with Gasteiger partial charge in [0.05, 0.1) is 5.69 Å². The fraction of sp³-hybridized carbons (Fsp3) is 0.314. The monoisotopic (exact) mass is 473 g/mol. The van der Waals surface area contributed by atoms with Crippen LogP contribution in [0.15, 0.2) is 91.0 Å². The van der Waals surface area contributed by atoms with Gasteiger partial charge in [-0.2, -0.15) is 0 Å². The summed E-state index contributed by atoms with van der Waals surface area (Å²) in [5, 5.41) is 0. The molecule has 36 heavy (non-hydrogen) atoms. The number of benzene rings is 4. The molecule has 0 atom stereocenters. The zero-order valence-electron chi connectivity index (χ0n) is 23.1. The molecule has 0 aliphatic heterocycles. The highest BCUT2D eigenvalue weighted by Gasteiger charge is 2.40. The highest BCUT2D eigenvalue weighted by molar-refractivity contribution is 5.95. The van der Waals surface area contributed by atoms with Gasteiger partial charge in [-0.1, -0.05) is 116 Å². The van der Waals surface area contributed by atoms with Crippen LogP contribution < -0.4 is 4.90 Å². The summed E-state index contributed by atoms with van der Waals surface area (Å²) in [6.45, 7) is 18.7. The van der Waals surface area contributed by atoms with Gasteiger partial charge in [-0.05, 0) is 69.0 Å². The van der Waals surface area contributed by atoms with Gasteiger partial charge in [0.2, 0.25) is 0 Å². The molecule has 0 heterocycles. The third-order valence-corrected chi connectivity index (χ3v) is 7.75. The third kappa shape index (κ3) is 4.05. The predicted octanol–water partition coefficient (Wildman–Crippen LogP) is 10.1. The number of rotatable bonds is 3. The van der Waals surface area contributed by atoms with E-state index in [1.165, 1.54) is 50.4 Å². The van der Waals surface area contributed by atoms with E-state index < -0.39 is 0 Å². The fourth-order valence-corrected chi connectivity index (χ4v) is 5.48. The molecule has 0 amide bonds. The van der Waals surface area contributed by atoms with Crippen molar-refractivity contribution in [1.29, 1.82) is 0 Å². The highest BCUT2D eigenvalue weighted by Crippen LogP contribution is 2.56. The highest BCUT2D eigenvalue weighted by atomic mass is 15.1. The lowest BCUT2D eigenvalue weighted by atomic mass is 9.77. The first kappa shape index (κ1) is 24.4. The number of nitrogens with zero attached hydrogens (tertiary/aromatic N) is 1. The topological polar surface area (TPSA) is 3.24 Å². The molecular weight excluding hydrogens is 434 g/mol. The molecule has 0 saturated carbocycles. The van der Waals surface area contributed by atoms with Crippen LogP contribution in [0.5, 0.6) is 0 Å². The maximum Gasteiger partial charge on any atom is 0.0546 e. The predicted molar refractivity (Wildman–Crippen MR) is 156 cm³/mol. The molecule has 0 N–H and O–H groups in total. The van der Waals surface area contributed by atoms with E-state index in [1.807, 2.05) is 0 Å². The van der Waals surface area contributed by atoms with Crippen molar-refractivity contribution in [3.63, 3.8) is 0 Å². The van der Waals surface area contributed by atoms with Crippen LogP contribution in [0.2, 0.25) is 0 Å². The van der Waals surface area contributed by atoms with Crippen LogP contribution in [0, 0.1) is 0 Å². The Kier molecular flexibility index (Phi) is 5.67. The fourth-order valence-electron chi connectivity index (χ4n) is 5.48. The molecule has 184 valence electrons. The molecule has 0 spiro atoms. The van der Waals surface area contributed by atoms with Crippen molar-refractivity contribution >= 4 is 17.1 Å². The van der Waals surface area contributed by atoms with Gasteiger partial charge < -0.3 is 4.90 Å². The Balaban J connectivity index is 1.87. The Morgan fingerprint density at radius 2 is 1.06 bits per heavy atom. The zero-order valence-corrected chi connectivity index (χ0v) is 23.1. The summed E-state index contributed by atoms with van der Waals surface area (Å²) >= 11 is 0. The minimum Gasteiger partial charge on any atom is -0.310 e. The molecule has 4 aromatic carbocycles. The van der Waals surface area contributed by atoms with Crippen molar-refractivity contribution in [2.24, 2.45) is 0 Å². The van der Waals surface area contributed by atoms with E-state index in [2.05, 4.69) is 151 Å². The lowest BCUT2D eigenvalue weighted by Gasteiger charge is -2.32. The average Bonchev–Trinajstić information content (AvgIpc) is 3.06. The molecule has 5 rings (SSSR count). The molecule has 0 aromatic heterocycles. The Morgan fingerprint density at radius 3 is 1.56 bits per heavy atom. The van der Waals surface area contributed by atoms with Crippen LogP contribution in [-0.2, 0) is 16.2 Å². The number of hydrogen-bond acceptors (Lipinski definition) is 1. The summed E-state index contributed by atoms with van der Waals surface area (Å²) in [5.41, 5.74) is 12.0. The lowest BCUT2D eigenvalue weighted by molar-refractivity contribution is 0.580. The number of para-hydroxylation sites is 2. The van der Waals surface area contributed by atoms with E-state index in [1.54, 1.807) is 0 Å². The molecule has 1 aliphatic carbocycles. The van der Waals surface area contributed by atoms with Gasteiger partial charge in [0, 0.05) is 22.4 Å². The van der Waals surface area contributed by atoms with E-state index in [-0.39, 0.29) is 16.2 Å². The second-order valence-corrected chi connectivity index (χ2v) is 12.8. The number of hydrogen-bond donors (Lipinski definition) is 0. The maximum absolute atomic E-state index is 2.48. The summed E-state index contributed by atoms with van der Waals surface area (Å²) in [6, 6.07) is 33.7. The maximum atomic E-state index is 2.48. The van der Waals surface area contributed by atoms with E-state index >= 15 is 0 Å².